The number of urea groups is 1. The van der Waals surface area contributed by atoms with Crippen LogP contribution in [0.5, 0.6) is 0 Å². The van der Waals surface area contributed by atoms with Crippen LogP contribution >= 0.6 is 0 Å². The summed E-state index contributed by atoms with van der Waals surface area (Å²) in [5.41, 5.74) is 0. The van der Waals surface area contributed by atoms with Crippen molar-refractivity contribution in [3.05, 3.63) is 0 Å². The molecule has 0 radical (unpaired) electrons. The number of carbonyl (C=O) groups excluding carboxylic acids is 2. The van der Waals surface area contributed by atoms with Crippen LogP contribution in [0.3, 0.4) is 0 Å². The summed E-state index contributed by atoms with van der Waals surface area (Å²) in [4.78, 5) is 35.9. The molecule has 0 saturated heterocycles. The van der Waals surface area contributed by atoms with Crippen LogP contribution in [0.25, 0.3) is 0 Å². The van der Waals surface area contributed by atoms with Gasteiger partial charge in [0.25, 0.3) is 0 Å². The van der Waals surface area contributed by atoms with Gasteiger partial charge in [-0.15, -0.1) is 0 Å². The maximum Gasteiger partial charge on any atom is 0.326 e. The molecule has 0 spiro atoms. The number of aliphatic carboxylic acids is 1. The lowest BCUT2D eigenvalue weighted by Gasteiger charge is -2.24. The molecule has 1 saturated carbocycles. The lowest BCUT2D eigenvalue weighted by Crippen LogP contribution is -2.51. The third kappa shape index (κ3) is 5.99. The molecule has 1 aliphatic carbocycles. The zero-order valence-electron chi connectivity index (χ0n) is 12.3. The first-order valence-electron chi connectivity index (χ1n) is 6.92. The topological polar surface area (TPSA) is 105 Å². The van der Waals surface area contributed by atoms with Crippen molar-refractivity contribution in [1.82, 2.24) is 10.2 Å². The van der Waals surface area contributed by atoms with Crippen LogP contribution in [0.15, 0.2) is 0 Å². The van der Waals surface area contributed by atoms with E-state index in [1.165, 1.54) is 12.0 Å². The minimum Gasteiger partial charge on any atom is -0.480 e. The van der Waals surface area contributed by atoms with E-state index in [0.29, 0.717) is 0 Å². The molecule has 0 aromatic carbocycles. The molecule has 1 aliphatic rings. The number of ether oxygens (including phenoxy) is 2. The molecule has 2 amide bonds. The summed E-state index contributed by atoms with van der Waals surface area (Å²) in [6.07, 6.45) is 1.57. The van der Waals surface area contributed by atoms with Crippen molar-refractivity contribution in [2.24, 2.45) is 5.92 Å². The Kier molecular flexibility index (Phi) is 6.93. The Hall–Kier alpha value is -1.83. The lowest BCUT2D eigenvalue weighted by atomic mass is 10.2. The van der Waals surface area contributed by atoms with Gasteiger partial charge in [0.2, 0.25) is 0 Å². The second-order valence-electron chi connectivity index (χ2n) is 4.82. The van der Waals surface area contributed by atoms with Crippen molar-refractivity contribution >= 4 is 18.0 Å². The van der Waals surface area contributed by atoms with Gasteiger partial charge >= 0.3 is 18.0 Å². The zero-order valence-corrected chi connectivity index (χ0v) is 12.3. The number of hydrogen-bond donors (Lipinski definition) is 2. The van der Waals surface area contributed by atoms with E-state index in [0.717, 1.165) is 12.8 Å². The molecule has 8 heteroatoms. The normalized spacial score (nSPS) is 15.1. The standard InChI is InChI=1S/C13H22N2O6/c1-3-21-10(16)8-15(6-7-20-2)13(19)14-11(12(17)18)9-4-5-9/h9,11H,3-8H2,1-2H3,(H,14,19)(H,17,18). The minimum absolute atomic E-state index is 0.0293. The molecule has 0 bridgehead atoms. The minimum atomic E-state index is -1.06. The maximum atomic E-state index is 12.1. The first kappa shape index (κ1) is 17.2. The second-order valence-corrected chi connectivity index (χ2v) is 4.82. The van der Waals surface area contributed by atoms with Crippen LogP contribution in [-0.4, -0.2) is 67.4 Å². The fraction of sp³-hybridized carbons (Fsp3) is 0.769. The number of methoxy groups -OCH3 is 1. The largest absolute Gasteiger partial charge is 0.480 e. The fourth-order valence-electron chi connectivity index (χ4n) is 1.85. The number of amides is 2. The zero-order chi connectivity index (χ0) is 15.8. The van der Waals surface area contributed by atoms with Crippen LogP contribution in [0.4, 0.5) is 4.79 Å². The van der Waals surface area contributed by atoms with Gasteiger partial charge in [0.05, 0.1) is 13.2 Å². The summed E-state index contributed by atoms with van der Waals surface area (Å²) in [7, 11) is 1.48. The number of nitrogens with zero attached hydrogens (tertiary/aromatic N) is 1. The van der Waals surface area contributed by atoms with E-state index in [1.807, 2.05) is 0 Å². The predicted octanol–water partition coefficient (Wildman–Crippen LogP) is 0.0707. The molecule has 0 aromatic rings. The molecule has 1 fully saturated rings. The second kappa shape index (κ2) is 8.46. The van der Waals surface area contributed by atoms with E-state index in [4.69, 9.17) is 14.6 Å². The molecule has 1 rings (SSSR count). The number of carbonyl (C=O) groups is 3. The van der Waals surface area contributed by atoms with Crippen LogP contribution in [0.2, 0.25) is 0 Å². The molecular weight excluding hydrogens is 280 g/mol. The molecule has 0 heterocycles. The Labute approximate surface area is 123 Å². The maximum absolute atomic E-state index is 12.1. The van der Waals surface area contributed by atoms with Gasteiger partial charge in [-0.3, -0.25) is 4.79 Å². The summed E-state index contributed by atoms with van der Waals surface area (Å²) in [5, 5.41) is 11.6. The molecule has 21 heavy (non-hydrogen) atoms. The van der Waals surface area contributed by atoms with E-state index < -0.39 is 24.0 Å². The first-order valence-corrected chi connectivity index (χ1v) is 6.92. The van der Waals surface area contributed by atoms with E-state index in [9.17, 15) is 14.4 Å². The fourth-order valence-corrected chi connectivity index (χ4v) is 1.85. The summed E-state index contributed by atoms with van der Waals surface area (Å²) in [6.45, 7) is 2.08. The third-order valence-electron chi connectivity index (χ3n) is 3.12. The quantitative estimate of drug-likeness (QED) is 0.584. The Bertz CT molecular complexity index is 383. The smallest absolute Gasteiger partial charge is 0.326 e. The molecule has 0 aliphatic heterocycles. The van der Waals surface area contributed by atoms with Gasteiger partial charge in [-0.2, -0.15) is 0 Å². The Morgan fingerprint density at radius 2 is 2.05 bits per heavy atom. The number of nitrogens with one attached hydrogen (secondary N) is 1. The highest BCUT2D eigenvalue weighted by molar-refractivity contribution is 5.85. The van der Waals surface area contributed by atoms with E-state index in [2.05, 4.69) is 5.32 Å². The SMILES string of the molecule is CCOC(=O)CN(CCOC)C(=O)NC(C(=O)O)C1CC1. The predicted molar refractivity (Wildman–Crippen MR) is 72.8 cm³/mol. The van der Waals surface area contributed by atoms with E-state index >= 15 is 0 Å². The number of carboxylic acids is 1. The molecule has 1 atom stereocenters. The first-order chi connectivity index (χ1) is 9.99. The summed E-state index contributed by atoms with van der Waals surface area (Å²) >= 11 is 0. The number of rotatable bonds is 9. The average molecular weight is 302 g/mol. The Morgan fingerprint density at radius 3 is 2.52 bits per heavy atom. The highest BCUT2D eigenvalue weighted by Gasteiger charge is 2.38. The van der Waals surface area contributed by atoms with Crippen molar-refractivity contribution in [3.63, 3.8) is 0 Å². The summed E-state index contributed by atoms with van der Waals surface area (Å²) in [6, 6.07) is -1.51. The molecular formula is C13H22N2O6. The highest BCUT2D eigenvalue weighted by atomic mass is 16.5. The van der Waals surface area contributed by atoms with Gasteiger partial charge in [-0.1, -0.05) is 0 Å². The van der Waals surface area contributed by atoms with Gasteiger partial charge in [-0.25, -0.2) is 9.59 Å². The third-order valence-corrected chi connectivity index (χ3v) is 3.12. The Balaban J connectivity index is 2.60. The number of hydrogen-bond acceptors (Lipinski definition) is 5. The highest BCUT2D eigenvalue weighted by Crippen LogP contribution is 2.32. The van der Waals surface area contributed by atoms with E-state index in [1.54, 1.807) is 6.92 Å². The summed E-state index contributed by atoms with van der Waals surface area (Å²) in [5.74, 6) is -1.63. The van der Waals surface area contributed by atoms with Gasteiger partial charge in [-0.05, 0) is 25.7 Å². The van der Waals surface area contributed by atoms with Crippen molar-refractivity contribution in [2.45, 2.75) is 25.8 Å². The number of carboxylic acid groups (broad SMARTS) is 1. The average Bonchev–Trinajstić information content (AvgIpc) is 3.24. The molecule has 0 aromatic heterocycles. The van der Waals surface area contributed by atoms with Crippen molar-refractivity contribution < 1.29 is 29.0 Å². The van der Waals surface area contributed by atoms with Crippen LogP contribution in [-0.2, 0) is 19.1 Å². The van der Waals surface area contributed by atoms with Crippen LogP contribution < -0.4 is 5.32 Å². The number of esters is 1. The molecule has 8 nitrogen and oxygen atoms in total. The van der Waals surface area contributed by atoms with Crippen molar-refractivity contribution in [3.8, 4) is 0 Å². The van der Waals surface area contributed by atoms with Gasteiger partial charge < -0.3 is 24.8 Å². The van der Waals surface area contributed by atoms with Crippen LogP contribution in [0.1, 0.15) is 19.8 Å². The lowest BCUT2D eigenvalue weighted by molar-refractivity contribution is -0.143. The van der Waals surface area contributed by atoms with E-state index in [-0.39, 0.29) is 32.2 Å². The molecule has 120 valence electrons. The van der Waals surface area contributed by atoms with Crippen LogP contribution in [0, 0.1) is 5.92 Å². The monoisotopic (exact) mass is 302 g/mol. The molecule has 2 N–H and O–H groups in total. The van der Waals surface area contributed by atoms with Gasteiger partial charge in [0.15, 0.2) is 0 Å². The molecule has 1 unspecified atom stereocenters. The summed E-state index contributed by atoms with van der Waals surface area (Å²) < 4.78 is 9.68. The van der Waals surface area contributed by atoms with Crippen molar-refractivity contribution in [1.29, 1.82) is 0 Å². The van der Waals surface area contributed by atoms with Gasteiger partial charge in [0.1, 0.15) is 12.6 Å². The Morgan fingerprint density at radius 1 is 1.38 bits per heavy atom. The van der Waals surface area contributed by atoms with Gasteiger partial charge in [0, 0.05) is 13.7 Å². The van der Waals surface area contributed by atoms with Crippen molar-refractivity contribution in [2.75, 3.05) is 33.4 Å².